The van der Waals surface area contributed by atoms with Gasteiger partial charge in [0.2, 0.25) is 0 Å². The Kier molecular flexibility index (Phi) is 6.07. The fourth-order valence-corrected chi connectivity index (χ4v) is 2.71. The number of nitrogens with one attached hydrogen (secondary N) is 1. The van der Waals surface area contributed by atoms with E-state index in [9.17, 15) is 0 Å². The van der Waals surface area contributed by atoms with E-state index in [1.807, 2.05) is 6.07 Å². The summed E-state index contributed by atoms with van der Waals surface area (Å²) < 4.78 is 6.88. The van der Waals surface area contributed by atoms with Crippen molar-refractivity contribution >= 4 is 21.6 Å². The standard InChI is InChI=1S/C14H22BrN3O/c15-13-10-17-8-6-14(13)18-7-1-9-19-12-4-2-11(16)3-5-12/h6,8,10-12H,1-5,7,9,16H2,(H,17,18). The Balaban J connectivity index is 1.56. The van der Waals surface area contributed by atoms with E-state index in [1.165, 1.54) is 0 Å². The van der Waals surface area contributed by atoms with E-state index in [0.717, 1.165) is 55.4 Å². The second-order valence-corrected chi connectivity index (χ2v) is 5.90. The lowest BCUT2D eigenvalue weighted by Gasteiger charge is -2.26. The van der Waals surface area contributed by atoms with Gasteiger partial charge >= 0.3 is 0 Å². The van der Waals surface area contributed by atoms with Crippen molar-refractivity contribution in [3.8, 4) is 0 Å². The SMILES string of the molecule is NC1CCC(OCCCNc2ccncc2Br)CC1. The second-order valence-electron chi connectivity index (χ2n) is 5.04. The van der Waals surface area contributed by atoms with Gasteiger partial charge in [-0.25, -0.2) is 0 Å². The van der Waals surface area contributed by atoms with Crippen molar-refractivity contribution in [3.63, 3.8) is 0 Å². The van der Waals surface area contributed by atoms with Gasteiger partial charge in [-0.2, -0.15) is 0 Å². The van der Waals surface area contributed by atoms with Gasteiger partial charge in [-0.15, -0.1) is 0 Å². The summed E-state index contributed by atoms with van der Waals surface area (Å²) in [4.78, 5) is 4.03. The fourth-order valence-electron chi connectivity index (χ4n) is 2.32. The Labute approximate surface area is 123 Å². The number of rotatable bonds is 6. The van der Waals surface area contributed by atoms with Crippen molar-refractivity contribution in [1.29, 1.82) is 0 Å². The molecule has 0 unspecified atom stereocenters. The molecule has 106 valence electrons. The molecule has 0 aliphatic heterocycles. The topological polar surface area (TPSA) is 60.2 Å². The maximum Gasteiger partial charge on any atom is 0.0590 e. The third kappa shape index (κ3) is 5.09. The highest BCUT2D eigenvalue weighted by atomic mass is 79.9. The van der Waals surface area contributed by atoms with Gasteiger partial charge in [-0.05, 0) is 54.1 Å². The first kappa shape index (κ1) is 14.8. The van der Waals surface area contributed by atoms with Crippen molar-refractivity contribution in [1.82, 2.24) is 4.98 Å². The van der Waals surface area contributed by atoms with Gasteiger partial charge in [0.15, 0.2) is 0 Å². The summed E-state index contributed by atoms with van der Waals surface area (Å²) in [5.41, 5.74) is 6.96. The molecule has 0 spiro atoms. The van der Waals surface area contributed by atoms with Crippen LogP contribution in [0.1, 0.15) is 32.1 Å². The molecule has 1 aromatic rings. The summed E-state index contributed by atoms with van der Waals surface area (Å²) in [5, 5.41) is 3.37. The Morgan fingerprint density at radius 1 is 1.37 bits per heavy atom. The molecular formula is C14H22BrN3O. The molecule has 0 amide bonds. The summed E-state index contributed by atoms with van der Waals surface area (Å²) >= 11 is 3.47. The minimum Gasteiger partial charge on any atom is -0.384 e. The molecule has 1 fully saturated rings. The van der Waals surface area contributed by atoms with E-state index in [2.05, 4.69) is 26.2 Å². The quantitative estimate of drug-likeness (QED) is 0.788. The average Bonchev–Trinajstić information content (AvgIpc) is 2.42. The molecule has 4 nitrogen and oxygen atoms in total. The van der Waals surface area contributed by atoms with Gasteiger partial charge in [0, 0.05) is 31.6 Å². The van der Waals surface area contributed by atoms with Crippen molar-refractivity contribution in [2.75, 3.05) is 18.5 Å². The first-order valence-electron chi connectivity index (χ1n) is 6.96. The lowest BCUT2D eigenvalue weighted by Crippen LogP contribution is -2.30. The van der Waals surface area contributed by atoms with Crippen LogP contribution in [0.25, 0.3) is 0 Å². The van der Waals surface area contributed by atoms with Crippen molar-refractivity contribution in [2.45, 2.75) is 44.2 Å². The number of anilines is 1. The highest BCUT2D eigenvalue weighted by molar-refractivity contribution is 9.10. The molecule has 1 heterocycles. The second kappa shape index (κ2) is 7.82. The van der Waals surface area contributed by atoms with Gasteiger partial charge in [-0.1, -0.05) is 0 Å². The molecule has 0 radical (unpaired) electrons. The Bertz CT molecular complexity index is 381. The lowest BCUT2D eigenvalue weighted by atomic mass is 9.94. The summed E-state index contributed by atoms with van der Waals surface area (Å²) in [6.45, 7) is 1.73. The zero-order valence-corrected chi connectivity index (χ0v) is 12.7. The molecule has 0 saturated heterocycles. The van der Waals surface area contributed by atoms with Crippen LogP contribution in [-0.4, -0.2) is 30.3 Å². The van der Waals surface area contributed by atoms with Gasteiger partial charge < -0.3 is 15.8 Å². The Morgan fingerprint density at radius 2 is 2.16 bits per heavy atom. The van der Waals surface area contributed by atoms with Crippen LogP contribution in [0.4, 0.5) is 5.69 Å². The number of nitrogens with zero attached hydrogens (tertiary/aromatic N) is 1. The number of halogens is 1. The molecule has 1 aromatic heterocycles. The molecule has 0 atom stereocenters. The summed E-state index contributed by atoms with van der Waals surface area (Å²) in [7, 11) is 0. The van der Waals surface area contributed by atoms with E-state index in [1.54, 1.807) is 12.4 Å². The minimum absolute atomic E-state index is 0.394. The molecule has 1 aliphatic rings. The minimum atomic E-state index is 0.394. The molecule has 2 rings (SSSR count). The summed E-state index contributed by atoms with van der Waals surface area (Å²) in [6.07, 6.45) is 9.46. The average molecular weight is 328 g/mol. The van der Waals surface area contributed by atoms with E-state index in [4.69, 9.17) is 10.5 Å². The number of pyridine rings is 1. The summed E-state index contributed by atoms with van der Waals surface area (Å²) in [5.74, 6) is 0. The number of ether oxygens (including phenoxy) is 1. The zero-order valence-electron chi connectivity index (χ0n) is 11.1. The number of nitrogens with two attached hydrogens (primary N) is 1. The molecular weight excluding hydrogens is 306 g/mol. The van der Waals surface area contributed by atoms with Crippen molar-refractivity contribution in [3.05, 3.63) is 22.9 Å². The van der Waals surface area contributed by atoms with Crippen LogP contribution in [0.2, 0.25) is 0 Å². The zero-order chi connectivity index (χ0) is 13.5. The highest BCUT2D eigenvalue weighted by Crippen LogP contribution is 2.21. The van der Waals surface area contributed by atoms with E-state index < -0.39 is 0 Å². The third-order valence-electron chi connectivity index (χ3n) is 3.48. The molecule has 0 bridgehead atoms. The molecule has 3 N–H and O–H groups in total. The predicted molar refractivity (Wildman–Crippen MR) is 81.2 cm³/mol. The van der Waals surface area contributed by atoms with Gasteiger partial charge in [0.1, 0.15) is 0 Å². The molecule has 1 aliphatic carbocycles. The van der Waals surface area contributed by atoms with Crippen LogP contribution in [0.3, 0.4) is 0 Å². The smallest absolute Gasteiger partial charge is 0.0590 e. The van der Waals surface area contributed by atoms with Crippen LogP contribution >= 0.6 is 15.9 Å². The van der Waals surface area contributed by atoms with Gasteiger partial charge in [-0.3, -0.25) is 4.98 Å². The van der Waals surface area contributed by atoms with E-state index in [-0.39, 0.29) is 0 Å². The Morgan fingerprint density at radius 3 is 2.89 bits per heavy atom. The van der Waals surface area contributed by atoms with Crippen LogP contribution in [0.5, 0.6) is 0 Å². The van der Waals surface area contributed by atoms with Crippen LogP contribution < -0.4 is 11.1 Å². The molecule has 19 heavy (non-hydrogen) atoms. The summed E-state index contributed by atoms with van der Waals surface area (Å²) in [6, 6.07) is 2.36. The highest BCUT2D eigenvalue weighted by Gasteiger charge is 2.18. The van der Waals surface area contributed by atoms with Crippen LogP contribution in [-0.2, 0) is 4.74 Å². The van der Waals surface area contributed by atoms with Crippen LogP contribution in [0, 0.1) is 0 Å². The monoisotopic (exact) mass is 327 g/mol. The van der Waals surface area contributed by atoms with Crippen LogP contribution in [0.15, 0.2) is 22.9 Å². The first-order chi connectivity index (χ1) is 9.25. The largest absolute Gasteiger partial charge is 0.384 e. The molecule has 0 aromatic carbocycles. The third-order valence-corrected chi connectivity index (χ3v) is 4.11. The first-order valence-corrected chi connectivity index (χ1v) is 7.75. The maximum atomic E-state index is 5.88. The predicted octanol–water partition coefficient (Wildman–Crippen LogP) is 2.93. The van der Waals surface area contributed by atoms with Crippen molar-refractivity contribution < 1.29 is 4.74 Å². The maximum absolute atomic E-state index is 5.88. The van der Waals surface area contributed by atoms with E-state index in [0.29, 0.717) is 12.1 Å². The van der Waals surface area contributed by atoms with Gasteiger partial charge in [0.05, 0.1) is 16.3 Å². The Hall–Kier alpha value is -0.650. The molecule has 1 saturated carbocycles. The number of aromatic nitrogens is 1. The molecule has 5 heteroatoms. The van der Waals surface area contributed by atoms with Gasteiger partial charge in [0.25, 0.3) is 0 Å². The van der Waals surface area contributed by atoms with Crippen molar-refractivity contribution in [2.24, 2.45) is 5.73 Å². The van der Waals surface area contributed by atoms with E-state index >= 15 is 0 Å². The fraction of sp³-hybridized carbons (Fsp3) is 0.643. The number of hydrogen-bond acceptors (Lipinski definition) is 4. The lowest BCUT2D eigenvalue weighted by molar-refractivity contribution is 0.0251. The number of hydrogen-bond donors (Lipinski definition) is 2. The normalized spacial score (nSPS) is 23.3.